The minimum Gasteiger partial charge on any atom is -0.369 e. The van der Waals surface area contributed by atoms with Gasteiger partial charge in [0.2, 0.25) is 5.91 Å². The van der Waals surface area contributed by atoms with Gasteiger partial charge in [0.1, 0.15) is 0 Å². The second-order valence-electron chi connectivity index (χ2n) is 9.90. The number of carbonyl (C=O) groups is 2. The van der Waals surface area contributed by atoms with Gasteiger partial charge in [0, 0.05) is 30.4 Å². The summed E-state index contributed by atoms with van der Waals surface area (Å²) in [6.07, 6.45) is 4.13. The number of piperidine rings is 1. The summed E-state index contributed by atoms with van der Waals surface area (Å²) in [6.45, 7) is 8.59. The molecule has 1 aromatic heterocycles. The summed E-state index contributed by atoms with van der Waals surface area (Å²) in [7, 11) is 0. The number of nitrogens with two attached hydrogens (primary N) is 1. The number of hydrogen-bond donors (Lipinski definition) is 2. The minimum atomic E-state index is -0.229. The van der Waals surface area contributed by atoms with Crippen molar-refractivity contribution >= 4 is 17.5 Å². The molecule has 1 saturated heterocycles. The van der Waals surface area contributed by atoms with E-state index in [1.54, 1.807) is 0 Å². The summed E-state index contributed by atoms with van der Waals surface area (Å²) in [6, 6.07) is 9.78. The molecular weight excluding hydrogens is 390 g/mol. The standard InChI is InChI=1S/C24H33N5O2/c1-24(2,3)29-21(16-10-11-16)13-20(27-29)23(31)26-19-9-5-4-7-17(19)14-28-12-6-8-18(15-28)22(25)30/h4-5,7,9,13,16,18H,6,8,10-12,14-15H2,1-3H3,(H2,25,30)(H,26,31). The molecule has 2 amide bonds. The Balaban J connectivity index is 1.50. The van der Waals surface area contributed by atoms with Gasteiger partial charge < -0.3 is 11.1 Å². The fourth-order valence-corrected chi connectivity index (χ4v) is 4.35. The average Bonchev–Trinajstić information content (AvgIpc) is 3.46. The van der Waals surface area contributed by atoms with Gasteiger partial charge >= 0.3 is 0 Å². The Morgan fingerprint density at radius 2 is 1.94 bits per heavy atom. The van der Waals surface area contributed by atoms with Crippen molar-refractivity contribution in [2.75, 3.05) is 18.4 Å². The minimum absolute atomic E-state index is 0.0993. The number of anilines is 1. The van der Waals surface area contributed by atoms with Gasteiger partial charge in [-0.25, -0.2) is 0 Å². The molecule has 1 aliphatic heterocycles. The number of carbonyl (C=O) groups excluding carboxylic acids is 2. The third-order valence-corrected chi connectivity index (χ3v) is 6.17. The predicted octanol–water partition coefficient (Wildman–Crippen LogP) is 3.47. The topological polar surface area (TPSA) is 93.2 Å². The SMILES string of the molecule is CC(C)(C)n1nc(C(=O)Nc2ccccc2CN2CCCC(C(N)=O)C2)cc1C1CC1. The first-order chi connectivity index (χ1) is 14.7. The van der Waals surface area contributed by atoms with Crippen molar-refractivity contribution in [3.8, 4) is 0 Å². The average molecular weight is 424 g/mol. The number of likely N-dealkylation sites (tertiary alicyclic amines) is 1. The lowest BCUT2D eigenvalue weighted by atomic mass is 9.97. The summed E-state index contributed by atoms with van der Waals surface area (Å²) < 4.78 is 2.00. The van der Waals surface area contributed by atoms with Gasteiger partial charge in [0.15, 0.2) is 5.69 Å². The van der Waals surface area contributed by atoms with Gasteiger partial charge in [-0.3, -0.25) is 19.2 Å². The van der Waals surface area contributed by atoms with Crippen molar-refractivity contribution < 1.29 is 9.59 Å². The van der Waals surface area contributed by atoms with Gasteiger partial charge in [-0.05, 0) is 70.7 Å². The van der Waals surface area contributed by atoms with Gasteiger partial charge in [0.25, 0.3) is 5.91 Å². The molecule has 1 aliphatic carbocycles. The maximum Gasteiger partial charge on any atom is 0.276 e. The van der Waals surface area contributed by atoms with Crippen LogP contribution in [0.25, 0.3) is 0 Å². The Kier molecular flexibility index (Phi) is 5.88. The fourth-order valence-electron chi connectivity index (χ4n) is 4.35. The zero-order chi connectivity index (χ0) is 22.2. The van der Waals surface area contributed by atoms with Gasteiger partial charge in [-0.1, -0.05) is 18.2 Å². The summed E-state index contributed by atoms with van der Waals surface area (Å²) in [5.41, 5.74) is 8.77. The highest BCUT2D eigenvalue weighted by molar-refractivity contribution is 6.03. The van der Waals surface area contributed by atoms with Crippen LogP contribution >= 0.6 is 0 Å². The van der Waals surface area contributed by atoms with Crippen LogP contribution in [-0.4, -0.2) is 39.6 Å². The molecule has 0 bridgehead atoms. The number of nitrogens with zero attached hydrogens (tertiary/aromatic N) is 3. The number of benzene rings is 1. The van der Waals surface area contributed by atoms with E-state index in [1.165, 1.54) is 0 Å². The molecule has 4 rings (SSSR count). The largest absolute Gasteiger partial charge is 0.369 e. The zero-order valence-electron chi connectivity index (χ0n) is 18.7. The van der Waals surface area contributed by atoms with Crippen LogP contribution in [0.5, 0.6) is 0 Å². The van der Waals surface area contributed by atoms with Crippen LogP contribution in [0, 0.1) is 5.92 Å². The Morgan fingerprint density at radius 3 is 2.61 bits per heavy atom. The molecular formula is C24H33N5O2. The molecule has 2 aromatic rings. The Labute approximate surface area is 184 Å². The molecule has 2 heterocycles. The van der Waals surface area contributed by atoms with E-state index in [1.807, 2.05) is 35.0 Å². The molecule has 1 aromatic carbocycles. The van der Waals surface area contributed by atoms with Gasteiger partial charge in [-0.2, -0.15) is 5.10 Å². The third kappa shape index (κ3) is 4.98. The van der Waals surface area contributed by atoms with E-state index in [9.17, 15) is 9.59 Å². The van der Waals surface area contributed by atoms with Crippen LogP contribution in [0.15, 0.2) is 30.3 Å². The highest BCUT2D eigenvalue weighted by atomic mass is 16.2. The van der Waals surface area contributed by atoms with Crippen molar-refractivity contribution in [3.63, 3.8) is 0 Å². The number of rotatable bonds is 6. The first kappa shape index (κ1) is 21.6. The second-order valence-corrected chi connectivity index (χ2v) is 9.90. The van der Waals surface area contributed by atoms with E-state index in [2.05, 4.69) is 36.1 Å². The van der Waals surface area contributed by atoms with E-state index in [-0.39, 0.29) is 23.3 Å². The molecule has 2 fully saturated rings. The smallest absolute Gasteiger partial charge is 0.276 e. The second kappa shape index (κ2) is 8.46. The van der Waals surface area contributed by atoms with Crippen molar-refractivity contribution in [2.45, 2.75) is 64.5 Å². The number of hydrogen-bond acceptors (Lipinski definition) is 4. The number of amides is 2. The molecule has 31 heavy (non-hydrogen) atoms. The normalized spacial score (nSPS) is 19.9. The number of para-hydroxylation sites is 1. The Bertz CT molecular complexity index is 971. The summed E-state index contributed by atoms with van der Waals surface area (Å²) >= 11 is 0. The summed E-state index contributed by atoms with van der Waals surface area (Å²) in [4.78, 5) is 26.9. The highest BCUT2D eigenvalue weighted by Crippen LogP contribution is 2.41. The predicted molar refractivity (Wildman–Crippen MR) is 121 cm³/mol. The lowest BCUT2D eigenvalue weighted by Crippen LogP contribution is -2.40. The Hall–Kier alpha value is -2.67. The number of aromatic nitrogens is 2. The molecule has 0 spiro atoms. The van der Waals surface area contributed by atoms with Crippen molar-refractivity contribution in [3.05, 3.63) is 47.3 Å². The van der Waals surface area contributed by atoms with Crippen LogP contribution in [0.1, 0.15) is 74.1 Å². The van der Waals surface area contributed by atoms with Crippen molar-refractivity contribution in [1.82, 2.24) is 14.7 Å². The lowest BCUT2D eigenvalue weighted by molar-refractivity contribution is -0.123. The first-order valence-corrected chi connectivity index (χ1v) is 11.2. The van der Waals surface area contributed by atoms with E-state index < -0.39 is 0 Å². The fraction of sp³-hybridized carbons (Fsp3) is 0.542. The highest BCUT2D eigenvalue weighted by Gasteiger charge is 2.32. The van der Waals surface area contributed by atoms with E-state index >= 15 is 0 Å². The van der Waals surface area contributed by atoms with Crippen LogP contribution in [0.4, 0.5) is 5.69 Å². The summed E-state index contributed by atoms with van der Waals surface area (Å²) in [5.74, 6) is -0.00577. The molecule has 1 saturated carbocycles. The van der Waals surface area contributed by atoms with E-state index in [4.69, 9.17) is 5.73 Å². The molecule has 2 aliphatic rings. The maximum absolute atomic E-state index is 13.1. The molecule has 7 nitrogen and oxygen atoms in total. The lowest BCUT2D eigenvalue weighted by Gasteiger charge is -2.31. The molecule has 1 atom stereocenters. The molecule has 7 heteroatoms. The molecule has 1 unspecified atom stereocenters. The Morgan fingerprint density at radius 1 is 1.19 bits per heavy atom. The number of primary amides is 1. The van der Waals surface area contributed by atoms with Gasteiger partial charge in [0.05, 0.1) is 11.5 Å². The first-order valence-electron chi connectivity index (χ1n) is 11.2. The van der Waals surface area contributed by atoms with E-state index in [0.717, 1.165) is 49.2 Å². The van der Waals surface area contributed by atoms with Crippen LogP contribution < -0.4 is 11.1 Å². The molecule has 0 radical (unpaired) electrons. The van der Waals surface area contributed by atoms with Gasteiger partial charge in [-0.15, -0.1) is 0 Å². The van der Waals surface area contributed by atoms with Crippen LogP contribution in [0.2, 0.25) is 0 Å². The quantitative estimate of drug-likeness (QED) is 0.744. The third-order valence-electron chi connectivity index (χ3n) is 6.17. The summed E-state index contributed by atoms with van der Waals surface area (Å²) in [5, 5.41) is 7.72. The number of nitrogens with one attached hydrogen (secondary N) is 1. The maximum atomic E-state index is 13.1. The van der Waals surface area contributed by atoms with Crippen LogP contribution in [-0.2, 0) is 16.9 Å². The van der Waals surface area contributed by atoms with E-state index in [0.29, 0.717) is 24.7 Å². The van der Waals surface area contributed by atoms with Crippen molar-refractivity contribution in [2.24, 2.45) is 11.7 Å². The monoisotopic (exact) mass is 423 g/mol. The molecule has 166 valence electrons. The molecule has 3 N–H and O–H groups in total. The zero-order valence-corrected chi connectivity index (χ0v) is 18.7. The van der Waals surface area contributed by atoms with Crippen LogP contribution in [0.3, 0.4) is 0 Å². The van der Waals surface area contributed by atoms with Crippen molar-refractivity contribution in [1.29, 1.82) is 0 Å².